The van der Waals surface area contributed by atoms with Crippen LogP contribution in [0, 0.1) is 13.8 Å². The molecule has 0 saturated heterocycles. The van der Waals surface area contributed by atoms with E-state index < -0.39 is 0 Å². The number of amides is 1. The van der Waals surface area contributed by atoms with Gasteiger partial charge in [-0.15, -0.1) is 0 Å². The van der Waals surface area contributed by atoms with Gasteiger partial charge in [-0.1, -0.05) is 35.0 Å². The van der Waals surface area contributed by atoms with E-state index in [0.717, 1.165) is 22.2 Å². The van der Waals surface area contributed by atoms with Gasteiger partial charge in [-0.05, 0) is 37.6 Å². The van der Waals surface area contributed by atoms with E-state index in [-0.39, 0.29) is 12.3 Å². The molecular weight excluding hydrogens is 276 g/mol. The van der Waals surface area contributed by atoms with Crippen LogP contribution >= 0.6 is 0 Å². The van der Waals surface area contributed by atoms with Crippen LogP contribution in [0.4, 0.5) is 5.69 Å². The Morgan fingerprint density at radius 3 is 2.73 bits per heavy atom. The SMILES string of the molecule is Cc1ccc2onc(CC(=O)N(C)c3ccccc3C)c2c1. The highest BCUT2D eigenvalue weighted by Gasteiger charge is 2.17. The Bertz CT molecular complexity index is 836. The van der Waals surface area contributed by atoms with Crippen molar-refractivity contribution in [1.29, 1.82) is 0 Å². The fourth-order valence-corrected chi connectivity index (χ4v) is 2.57. The van der Waals surface area contributed by atoms with E-state index in [1.165, 1.54) is 0 Å². The number of likely N-dealkylation sites (N-methyl/N-ethyl adjacent to an activating group) is 1. The van der Waals surface area contributed by atoms with Gasteiger partial charge >= 0.3 is 0 Å². The van der Waals surface area contributed by atoms with Gasteiger partial charge in [0.05, 0.1) is 6.42 Å². The Labute approximate surface area is 129 Å². The molecule has 0 N–H and O–H groups in total. The van der Waals surface area contributed by atoms with Crippen LogP contribution in [0.5, 0.6) is 0 Å². The lowest BCUT2D eigenvalue weighted by Crippen LogP contribution is -2.28. The first kappa shape index (κ1) is 14.3. The number of anilines is 1. The molecule has 0 atom stereocenters. The summed E-state index contributed by atoms with van der Waals surface area (Å²) in [6, 6.07) is 13.7. The van der Waals surface area contributed by atoms with Crippen LogP contribution in [0.1, 0.15) is 16.8 Å². The molecule has 1 heterocycles. The third-order valence-corrected chi connectivity index (χ3v) is 3.87. The summed E-state index contributed by atoms with van der Waals surface area (Å²) in [5, 5.41) is 4.96. The van der Waals surface area contributed by atoms with Crippen molar-refractivity contribution in [1.82, 2.24) is 5.16 Å². The molecular formula is C18H18N2O2. The predicted molar refractivity (Wildman–Crippen MR) is 87.0 cm³/mol. The number of para-hydroxylation sites is 1. The smallest absolute Gasteiger partial charge is 0.232 e. The van der Waals surface area contributed by atoms with Crippen molar-refractivity contribution in [3.8, 4) is 0 Å². The number of nitrogens with zero attached hydrogens (tertiary/aromatic N) is 2. The average Bonchev–Trinajstić information content (AvgIpc) is 2.89. The van der Waals surface area contributed by atoms with Crippen LogP contribution in [0.3, 0.4) is 0 Å². The van der Waals surface area contributed by atoms with Crippen LogP contribution in [-0.4, -0.2) is 18.1 Å². The Hall–Kier alpha value is -2.62. The minimum absolute atomic E-state index is 0.00833. The maximum atomic E-state index is 12.5. The third-order valence-electron chi connectivity index (χ3n) is 3.87. The Morgan fingerprint density at radius 2 is 1.95 bits per heavy atom. The summed E-state index contributed by atoms with van der Waals surface area (Å²) in [6.07, 6.45) is 0.223. The first-order chi connectivity index (χ1) is 10.6. The average molecular weight is 294 g/mol. The molecule has 0 fully saturated rings. The largest absolute Gasteiger partial charge is 0.356 e. The van der Waals surface area contributed by atoms with E-state index in [1.807, 2.05) is 56.3 Å². The Kier molecular flexibility index (Phi) is 3.67. The zero-order valence-electron chi connectivity index (χ0n) is 13.0. The second-order valence-corrected chi connectivity index (χ2v) is 5.54. The Balaban J connectivity index is 1.87. The number of carbonyl (C=O) groups excluding carboxylic acids is 1. The fraction of sp³-hybridized carbons (Fsp3) is 0.222. The molecule has 2 aromatic carbocycles. The maximum absolute atomic E-state index is 12.5. The summed E-state index contributed by atoms with van der Waals surface area (Å²) in [4.78, 5) is 14.2. The van der Waals surface area contributed by atoms with Gasteiger partial charge in [-0.25, -0.2) is 0 Å². The molecule has 0 unspecified atom stereocenters. The molecule has 4 nitrogen and oxygen atoms in total. The molecule has 0 aliphatic heterocycles. The monoisotopic (exact) mass is 294 g/mol. The molecule has 0 aliphatic rings. The topological polar surface area (TPSA) is 46.3 Å². The number of hydrogen-bond donors (Lipinski definition) is 0. The van der Waals surface area contributed by atoms with Crippen LogP contribution in [0.2, 0.25) is 0 Å². The van der Waals surface area contributed by atoms with Gasteiger partial charge in [0.2, 0.25) is 5.91 Å². The minimum Gasteiger partial charge on any atom is -0.356 e. The summed E-state index contributed by atoms with van der Waals surface area (Å²) in [5.74, 6) is -0.00833. The van der Waals surface area contributed by atoms with Crippen molar-refractivity contribution in [2.45, 2.75) is 20.3 Å². The molecule has 1 aromatic heterocycles. The van der Waals surface area contributed by atoms with Crippen LogP contribution in [0.25, 0.3) is 11.0 Å². The molecule has 0 aliphatic carbocycles. The van der Waals surface area contributed by atoms with Gasteiger partial charge in [-0.2, -0.15) is 0 Å². The van der Waals surface area contributed by atoms with Crippen LogP contribution in [-0.2, 0) is 11.2 Å². The van der Waals surface area contributed by atoms with E-state index in [9.17, 15) is 4.79 Å². The number of carbonyl (C=O) groups is 1. The first-order valence-corrected chi connectivity index (χ1v) is 7.23. The van der Waals surface area contributed by atoms with Crippen LogP contribution < -0.4 is 4.90 Å². The molecule has 3 aromatic rings. The van der Waals surface area contributed by atoms with E-state index in [4.69, 9.17) is 4.52 Å². The Morgan fingerprint density at radius 1 is 1.18 bits per heavy atom. The summed E-state index contributed by atoms with van der Waals surface area (Å²) in [7, 11) is 1.79. The molecule has 112 valence electrons. The molecule has 3 rings (SSSR count). The van der Waals surface area contributed by atoms with Crippen LogP contribution in [0.15, 0.2) is 47.0 Å². The zero-order valence-corrected chi connectivity index (χ0v) is 13.0. The molecule has 0 radical (unpaired) electrons. The molecule has 0 bridgehead atoms. The van der Waals surface area contributed by atoms with Gasteiger partial charge in [0.15, 0.2) is 5.58 Å². The normalized spacial score (nSPS) is 10.9. The molecule has 0 spiro atoms. The predicted octanol–water partition coefficient (Wildman–Crippen LogP) is 3.65. The highest BCUT2D eigenvalue weighted by molar-refractivity contribution is 5.96. The number of benzene rings is 2. The van der Waals surface area contributed by atoms with Crippen molar-refractivity contribution < 1.29 is 9.32 Å². The second kappa shape index (κ2) is 5.64. The molecule has 0 saturated carbocycles. The minimum atomic E-state index is -0.00833. The summed E-state index contributed by atoms with van der Waals surface area (Å²) >= 11 is 0. The van der Waals surface area contributed by atoms with Crippen molar-refractivity contribution in [2.75, 3.05) is 11.9 Å². The highest BCUT2D eigenvalue weighted by Crippen LogP contribution is 2.22. The highest BCUT2D eigenvalue weighted by atomic mass is 16.5. The second-order valence-electron chi connectivity index (χ2n) is 5.54. The van der Waals surface area contributed by atoms with Gasteiger partial charge in [0.25, 0.3) is 0 Å². The number of aryl methyl sites for hydroxylation is 2. The molecule has 1 amide bonds. The lowest BCUT2D eigenvalue weighted by Gasteiger charge is -2.19. The lowest BCUT2D eigenvalue weighted by atomic mass is 10.1. The molecule has 22 heavy (non-hydrogen) atoms. The number of hydrogen-bond acceptors (Lipinski definition) is 3. The van der Waals surface area contributed by atoms with Crippen molar-refractivity contribution >= 4 is 22.6 Å². The van der Waals surface area contributed by atoms with Crippen molar-refractivity contribution in [3.63, 3.8) is 0 Å². The van der Waals surface area contributed by atoms with Gasteiger partial charge in [-0.3, -0.25) is 4.79 Å². The fourth-order valence-electron chi connectivity index (χ4n) is 2.57. The maximum Gasteiger partial charge on any atom is 0.232 e. The van der Waals surface area contributed by atoms with E-state index in [0.29, 0.717) is 11.3 Å². The van der Waals surface area contributed by atoms with Crippen molar-refractivity contribution in [3.05, 3.63) is 59.3 Å². The van der Waals surface area contributed by atoms with Gasteiger partial charge in [0, 0.05) is 18.1 Å². The van der Waals surface area contributed by atoms with E-state index >= 15 is 0 Å². The van der Waals surface area contributed by atoms with Crippen molar-refractivity contribution in [2.24, 2.45) is 0 Å². The quantitative estimate of drug-likeness (QED) is 0.740. The van der Waals surface area contributed by atoms with E-state index in [2.05, 4.69) is 5.16 Å². The number of fused-ring (bicyclic) bond motifs is 1. The standard InChI is InChI=1S/C18H18N2O2/c1-12-8-9-17-14(10-12)15(19-22-17)11-18(21)20(3)16-7-5-4-6-13(16)2/h4-10H,11H2,1-3H3. The lowest BCUT2D eigenvalue weighted by molar-refractivity contribution is -0.117. The number of aromatic nitrogens is 1. The van der Waals surface area contributed by atoms with Gasteiger partial charge in [0.1, 0.15) is 5.69 Å². The van der Waals surface area contributed by atoms with Gasteiger partial charge < -0.3 is 9.42 Å². The summed E-state index contributed by atoms with van der Waals surface area (Å²) in [5.41, 5.74) is 4.50. The third kappa shape index (κ3) is 2.60. The zero-order chi connectivity index (χ0) is 15.7. The summed E-state index contributed by atoms with van der Waals surface area (Å²) in [6.45, 7) is 4.01. The number of rotatable bonds is 3. The first-order valence-electron chi connectivity index (χ1n) is 7.23. The molecule has 4 heteroatoms. The summed E-state index contributed by atoms with van der Waals surface area (Å²) < 4.78 is 5.29. The van der Waals surface area contributed by atoms with E-state index in [1.54, 1.807) is 11.9 Å².